The first kappa shape index (κ1) is 20.0. The second-order valence-corrected chi connectivity index (χ2v) is 7.17. The van der Waals surface area contributed by atoms with Gasteiger partial charge in [0.15, 0.2) is 0 Å². The van der Waals surface area contributed by atoms with Crippen molar-refractivity contribution in [3.8, 4) is 11.5 Å². The Hall–Kier alpha value is -2.70. The molecule has 0 aliphatic carbocycles. The highest BCUT2D eigenvalue weighted by Crippen LogP contribution is 2.32. The second-order valence-electron chi connectivity index (χ2n) is 7.17. The van der Waals surface area contributed by atoms with Crippen LogP contribution in [-0.4, -0.2) is 34.1 Å². The van der Waals surface area contributed by atoms with E-state index >= 15 is 0 Å². The third-order valence-electron chi connectivity index (χ3n) is 5.14. The van der Waals surface area contributed by atoms with Crippen LogP contribution in [0.1, 0.15) is 40.7 Å². The largest absolute Gasteiger partial charge is 0.507 e. The van der Waals surface area contributed by atoms with Crippen LogP contribution in [0.4, 0.5) is 13.2 Å². The van der Waals surface area contributed by atoms with Crippen molar-refractivity contribution in [1.82, 2.24) is 4.90 Å². The summed E-state index contributed by atoms with van der Waals surface area (Å²) in [6.45, 7) is 0.970. The van der Waals surface area contributed by atoms with Crippen molar-refractivity contribution in [2.45, 2.75) is 31.9 Å². The molecule has 2 aromatic carbocycles. The van der Waals surface area contributed by atoms with E-state index in [0.717, 1.165) is 18.9 Å². The molecule has 2 aromatic rings. The Balaban J connectivity index is 1.64. The molecule has 0 unspecified atom stereocenters. The van der Waals surface area contributed by atoms with E-state index in [4.69, 9.17) is 0 Å². The van der Waals surface area contributed by atoms with Gasteiger partial charge in [0.2, 0.25) is 0 Å². The van der Waals surface area contributed by atoms with Crippen LogP contribution in [0.2, 0.25) is 0 Å². The molecule has 1 fully saturated rings. The van der Waals surface area contributed by atoms with Crippen LogP contribution in [0.5, 0.6) is 11.5 Å². The fourth-order valence-electron chi connectivity index (χ4n) is 3.66. The van der Waals surface area contributed by atoms with Gasteiger partial charge in [-0.15, -0.1) is 0 Å². The molecule has 1 amide bonds. The number of halogens is 3. The zero-order valence-electron chi connectivity index (χ0n) is 15.2. The van der Waals surface area contributed by atoms with Gasteiger partial charge in [-0.25, -0.2) is 0 Å². The Morgan fingerprint density at radius 3 is 2.46 bits per heavy atom. The van der Waals surface area contributed by atoms with Gasteiger partial charge in [0.1, 0.15) is 17.1 Å². The summed E-state index contributed by atoms with van der Waals surface area (Å²) in [5, 5.41) is 19.8. The Labute approximate surface area is 161 Å². The molecule has 2 N–H and O–H groups in total. The van der Waals surface area contributed by atoms with Crippen LogP contribution in [0.25, 0.3) is 0 Å². The third kappa shape index (κ3) is 4.58. The first-order chi connectivity index (χ1) is 13.3. The first-order valence-corrected chi connectivity index (χ1v) is 9.22. The van der Waals surface area contributed by atoms with Crippen LogP contribution in [0.3, 0.4) is 0 Å². The lowest BCUT2D eigenvalue weighted by molar-refractivity contribution is -0.137. The molecule has 1 heterocycles. The van der Waals surface area contributed by atoms with Gasteiger partial charge in [-0.1, -0.05) is 24.3 Å². The van der Waals surface area contributed by atoms with Gasteiger partial charge >= 0.3 is 6.18 Å². The number of aryl methyl sites for hydroxylation is 1. The molecular weight excluding hydrogens is 371 g/mol. The Bertz CT molecular complexity index is 831. The molecule has 0 saturated carbocycles. The van der Waals surface area contributed by atoms with Crippen molar-refractivity contribution < 1.29 is 28.2 Å². The van der Waals surface area contributed by atoms with E-state index in [1.54, 1.807) is 11.0 Å². The maximum atomic E-state index is 12.8. The van der Waals surface area contributed by atoms with E-state index in [0.29, 0.717) is 31.5 Å². The molecule has 0 radical (unpaired) electrons. The van der Waals surface area contributed by atoms with Gasteiger partial charge in [0.25, 0.3) is 5.91 Å². The van der Waals surface area contributed by atoms with Crippen LogP contribution < -0.4 is 0 Å². The first-order valence-electron chi connectivity index (χ1n) is 9.22. The fourth-order valence-corrected chi connectivity index (χ4v) is 3.66. The number of carbonyl (C=O) groups excluding carboxylic acids is 1. The molecule has 1 aliphatic heterocycles. The number of benzene rings is 2. The number of rotatable bonds is 4. The predicted molar refractivity (Wildman–Crippen MR) is 98.2 cm³/mol. The highest BCUT2D eigenvalue weighted by molar-refractivity contribution is 5.99. The Morgan fingerprint density at radius 1 is 1.11 bits per heavy atom. The van der Waals surface area contributed by atoms with Gasteiger partial charge < -0.3 is 15.1 Å². The van der Waals surface area contributed by atoms with E-state index in [1.165, 1.54) is 30.3 Å². The molecular formula is C21H22F3NO3. The van der Waals surface area contributed by atoms with Crippen LogP contribution in [0.15, 0.2) is 42.5 Å². The third-order valence-corrected chi connectivity index (χ3v) is 5.14. The fraction of sp³-hybridized carbons (Fsp3) is 0.381. The number of carbonyl (C=O) groups is 1. The summed E-state index contributed by atoms with van der Waals surface area (Å²) >= 11 is 0. The quantitative estimate of drug-likeness (QED) is 0.798. The highest BCUT2D eigenvalue weighted by atomic mass is 19.4. The van der Waals surface area contributed by atoms with Crippen molar-refractivity contribution in [3.63, 3.8) is 0 Å². The summed E-state index contributed by atoms with van der Waals surface area (Å²) in [4.78, 5) is 14.3. The van der Waals surface area contributed by atoms with E-state index in [9.17, 15) is 28.2 Å². The van der Waals surface area contributed by atoms with Crippen molar-refractivity contribution in [3.05, 3.63) is 59.2 Å². The number of amides is 1. The summed E-state index contributed by atoms with van der Waals surface area (Å²) in [6.07, 6.45) is -1.54. The van der Waals surface area contributed by atoms with Crippen LogP contribution in [0, 0.1) is 5.92 Å². The topological polar surface area (TPSA) is 60.8 Å². The monoisotopic (exact) mass is 393 g/mol. The van der Waals surface area contributed by atoms with Crippen molar-refractivity contribution in [1.29, 1.82) is 0 Å². The number of hydrogen-bond donors (Lipinski definition) is 2. The number of piperidine rings is 1. The minimum atomic E-state index is -4.36. The number of alkyl halides is 3. The van der Waals surface area contributed by atoms with Gasteiger partial charge in [0, 0.05) is 13.1 Å². The van der Waals surface area contributed by atoms with Gasteiger partial charge in [-0.2, -0.15) is 13.2 Å². The van der Waals surface area contributed by atoms with E-state index < -0.39 is 17.6 Å². The highest BCUT2D eigenvalue weighted by Gasteiger charge is 2.31. The molecule has 1 saturated heterocycles. The normalized spacial score (nSPS) is 17.5. The molecule has 0 bridgehead atoms. The minimum absolute atomic E-state index is 0.110. The van der Waals surface area contributed by atoms with Crippen molar-refractivity contribution >= 4 is 5.91 Å². The number of hydrogen-bond acceptors (Lipinski definition) is 3. The molecule has 1 aliphatic rings. The molecule has 150 valence electrons. The zero-order valence-corrected chi connectivity index (χ0v) is 15.2. The van der Waals surface area contributed by atoms with Crippen LogP contribution >= 0.6 is 0 Å². The average Bonchev–Trinajstić information content (AvgIpc) is 2.66. The summed E-state index contributed by atoms with van der Waals surface area (Å²) in [5.74, 6) is -0.813. The van der Waals surface area contributed by atoms with E-state index in [2.05, 4.69) is 0 Å². The van der Waals surface area contributed by atoms with Gasteiger partial charge in [-0.05, 0) is 55.4 Å². The van der Waals surface area contributed by atoms with Crippen LogP contribution in [-0.2, 0) is 12.6 Å². The van der Waals surface area contributed by atoms with Crippen molar-refractivity contribution in [2.75, 3.05) is 13.1 Å². The summed E-state index contributed by atoms with van der Waals surface area (Å²) in [7, 11) is 0. The maximum absolute atomic E-state index is 12.8. The number of likely N-dealkylation sites (tertiary alicyclic amines) is 1. The van der Waals surface area contributed by atoms with Crippen molar-refractivity contribution in [2.24, 2.45) is 5.92 Å². The number of phenols is 2. The second kappa shape index (κ2) is 8.12. The van der Waals surface area contributed by atoms with E-state index in [-0.39, 0.29) is 23.0 Å². The molecule has 0 spiro atoms. The number of nitrogens with zero attached hydrogens (tertiary/aromatic N) is 1. The summed E-state index contributed by atoms with van der Waals surface area (Å²) in [5.41, 5.74) is -0.141. The summed E-state index contributed by atoms with van der Waals surface area (Å²) < 4.78 is 38.5. The molecule has 28 heavy (non-hydrogen) atoms. The van der Waals surface area contributed by atoms with E-state index in [1.807, 2.05) is 0 Å². The molecule has 7 heteroatoms. The lowest BCUT2D eigenvalue weighted by atomic mass is 9.91. The Morgan fingerprint density at radius 2 is 1.79 bits per heavy atom. The zero-order chi connectivity index (χ0) is 20.3. The smallest absolute Gasteiger partial charge is 0.416 e. The minimum Gasteiger partial charge on any atom is -0.507 e. The Kier molecular flexibility index (Phi) is 5.82. The van der Waals surface area contributed by atoms with Gasteiger partial charge in [0.05, 0.1) is 5.56 Å². The summed E-state index contributed by atoms with van der Waals surface area (Å²) in [6, 6.07) is 9.48. The molecule has 4 nitrogen and oxygen atoms in total. The SMILES string of the molecule is O=C(c1c(O)cccc1O)N1CCC[C@H](CCc2cccc(C(F)(F)F)c2)C1. The number of aromatic hydroxyl groups is 2. The number of phenolic OH excluding ortho intramolecular Hbond substituents is 2. The lowest BCUT2D eigenvalue weighted by Gasteiger charge is -2.33. The standard InChI is InChI=1S/C21H22F3NO3/c22-21(23,24)16-6-1-4-14(12-16)9-10-15-5-3-11-25(13-15)20(28)19-17(26)7-2-8-18(19)27/h1-2,4,6-8,12,15,26-27H,3,5,9-11,13H2/t15-/m1/s1. The maximum Gasteiger partial charge on any atom is 0.416 e. The lowest BCUT2D eigenvalue weighted by Crippen LogP contribution is -2.40. The molecule has 0 aromatic heterocycles. The molecule has 3 rings (SSSR count). The molecule has 1 atom stereocenters. The average molecular weight is 393 g/mol. The van der Waals surface area contributed by atoms with Gasteiger partial charge in [-0.3, -0.25) is 4.79 Å². The predicted octanol–water partition coefficient (Wildman–Crippen LogP) is 4.60.